The average molecular weight is 235 g/mol. The molecule has 1 saturated heterocycles. The molecule has 0 aromatic rings. The van der Waals surface area contributed by atoms with Crippen LogP contribution in [-0.2, 0) is 0 Å². The number of nitriles is 1. The highest BCUT2D eigenvalue weighted by Gasteiger charge is 2.43. The lowest BCUT2D eigenvalue weighted by atomic mass is 9.93. The van der Waals surface area contributed by atoms with Crippen LogP contribution in [0.2, 0.25) is 0 Å². The van der Waals surface area contributed by atoms with Gasteiger partial charge in [-0.2, -0.15) is 5.26 Å². The Labute approximate surface area is 105 Å². The van der Waals surface area contributed by atoms with Gasteiger partial charge in [0, 0.05) is 12.6 Å². The summed E-state index contributed by atoms with van der Waals surface area (Å²) in [6, 6.07) is 3.14. The molecule has 96 valence electrons. The summed E-state index contributed by atoms with van der Waals surface area (Å²) < 4.78 is 0. The van der Waals surface area contributed by atoms with Crippen molar-refractivity contribution in [2.45, 2.75) is 58.0 Å². The predicted octanol–water partition coefficient (Wildman–Crippen LogP) is 2.14. The SMILES string of the molecule is CCNC1(C#N)CCC(N2CCC(C)(C)C2)C1. The Bertz CT molecular complexity index is 318. The molecule has 17 heavy (non-hydrogen) atoms. The van der Waals surface area contributed by atoms with E-state index in [4.69, 9.17) is 0 Å². The molecule has 2 atom stereocenters. The van der Waals surface area contributed by atoms with E-state index in [-0.39, 0.29) is 5.54 Å². The van der Waals surface area contributed by atoms with E-state index in [9.17, 15) is 5.26 Å². The molecule has 2 rings (SSSR count). The smallest absolute Gasteiger partial charge is 0.108 e. The maximum atomic E-state index is 9.38. The van der Waals surface area contributed by atoms with Crippen LogP contribution < -0.4 is 5.32 Å². The second-order valence-corrected chi connectivity index (χ2v) is 6.51. The fraction of sp³-hybridized carbons (Fsp3) is 0.929. The zero-order chi connectivity index (χ0) is 12.5. The van der Waals surface area contributed by atoms with Gasteiger partial charge in [-0.05, 0) is 44.2 Å². The molecule has 0 radical (unpaired) electrons. The van der Waals surface area contributed by atoms with Gasteiger partial charge in [-0.3, -0.25) is 10.2 Å². The molecular weight excluding hydrogens is 210 g/mol. The molecule has 0 aromatic heterocycles. The van der Waals surface area contributed by atoms with Crippen molar-refractivity contribution in [3.63, 3.8) is 0 Å². The van der Waals surface area contributed by atoms with Gasteiger partial charge in [0.15, 0.2) is 0 Å². The van der Waals surface area contributed by atoms with Crippen molar-refractivity contribution in [2.75, 3.05) is 19.6 Å². The molecule has 1 N–H and O–H groups in total. The van der Waals surface area contributed by atoms with Crippen molar-refractivity contribution in [3.05, 3.63) is 0 Å². The van der Waals surface area contributed by atoms with Gasteiger partial charge in [0.2, 0.25) is 0 Å². The summed E-state index contributed by atoms with van der Waals surface area (Å²) in [6.07, 6.45) is 4.49. The van der Waals surface area contributed by atoms with Gasteiger partial charge in [0.1, 0.15) is 5.54 Å². The van der Waals surface area contributed by atoms with Gasteiger partial charge in [-0.15, -0.1) is 0 Å². The number of nitrogens with zero attached hydrogens (tertiary/aromatic N) is 2. The van der Waals surface area contributed by atoms with Crippen molar-refractivity contribution in [1.29, 1.82) is 5.26 Å². The van der Waals surface area contributed by atoms with Gasteiger partial charge >= 0.3 is 0 Å². The lowest BCUT2D eigenvalue weighted by Crippen LogP contribution is -2.43. The third-order valence-corrected chi connectivity index (χ3v) is 4.44. The minimum absolute atomic E-state index is 0.244. The predicted molar refractivity (Wildman–Crippen MR) is 69.6 cm³/mol. The Morgan fingerprint density at radius 1 is 1.41 bits per heavy atom. The molecule has 2 unspecified atom stereocenters. The first-order chi connectivity index (χ1) is 8.00. The normalized spacial score (nSPS) is 37.2. The van der Waals surface area contributed by atoms with Gasteiger partial charge in [0.05, 0.1) is 6.07 Å². The summed E-state index contributed by atoms with van der Waals surface area (Å²) in [5, 5.41) is 12.8. The number of rotatable bonds is 3. The van der Waals surface area contributed by atoms with Crippen LogP contribution in [0.5, 0.6) is 0 Å². The van der Waals surface area contributed by atoms with E-state index >= 15 is 0 Å². The van der Waals surface area contributed by atoms with Crippen molar-refractivity contribution in [3.8, 4) is 6.07 Å². The molecule has 0 spiro atoms. The highest BCUT2D eigenvalue weighted by molar-refractivity contribution is 5.13. The molecule has 1 aliphatic carbocycles. The summed E-state index contributed by atoms with van der Waals surface area (Å²) in [7, 11) is 0. The van der Waals surface area contributed by atoms with Crippen molar-refractivity contribution in [2.24, 2.45) is 5.41 Å². The topological polar surface area (TPSA) is 39.1 Å². The van der Waals surface area contributed by atoms with Crippen molar-refractivity contribution >= 4 is 0 Å². The zero-order valence-electron chi connectivity index (χ0n) is 11.4. The standard InChI is InChI=1S/C14H25N3/c1-4-16-14(10-15)6-5-12(9-14)17-8-7-13(2,3)11-17/h12,16H,4-9,11H2,1-3H3. The van der Waals surface area contributed by atoms with Crippen LogP contribution in [0.15, 0.2) is 0 Å². The molecule has 1 aliphatic heterocycles. The molecule has 1 saturated carbocycles. The van der Waals surface area contributed by atoms with Crippen LogP contribution in [0.25, 0.3) is 0 Å². The van der Waals surface area contributed by atoms with E-state index < -0.39 is 0 Å². The Kier molecular flexibility index (Phi) is 3.47. The fourth-order valence-corrected chi connectivity index (χ4v) is 3.44. The minimum Gasteiger partial charge on any atom is -0.300 e. The third-order valence-electron chi connectivity index (χ3n) is 4.44. The lowest BCUT2D eigenvalue weighted by Gasteiger charge is -2.27. The Morgan fingerprint density at radius 2 is 2.18 bits per heavy atom. The highest BCUT2D eigenvalue weighted by Crippen LogP contribution is 2.38. The molecule has 3 heteroatoms. The molecule has 2 fully saturated rings. The largest absolute Gasteiger partial charge is 0.300 e. The van der Waals surface area contributed by atoms with Gasteiger partial charge in [0.25, 0.3) is 0 Å². The van der Waals surface area contributed by atoms with E-state index in [1.54, 1.807) is 0 Å². The van der Waals surface area contributed by atoms with E-state index in [0.29, 0.717) is 11.5 Å². The molecule has 3 nitrogen and oxygen atoms in total. The summed E-state index contributed by atoms with van der Waals surface area (Å²) in [4.78, 5) is 2.61. The minimum atomic E-state index is -0.244. The number of hydrogen-bond acceptors (Lipinski definition) is 3. The number of hydrogen-bond donors (Lipinski definition) is 1. The fourth-order valence-electron chi connectivity index (χ4n) is 3.44. The maximum Gasteiger partial charge on any atom is 0.108 e. The summed E-state index contributed by atoms with van der Waals surface area (Å²) in [5.74, 6) is 0. The van der Waals surface area contributed by atoms with Crippen LogP contribution >= 0.6 is 0 Å². The summed E-state index contributed by atoms with van der Waals surface area (Å²) in [6.45, 7) is 10.1. The van der Waals surface area contributed by atoms with Crippen LogP contribution in [0.1, 0.15) is 46.5 Å². The van der Waals surface area contributed by atoms with Crippen LogP contribution in [0, 0.1) is 16.7 Å². The van der Waals surface area contributed by atoms with Gasteiger partial charge < -0.3 is 0 Å². The van der Waals surface area contributed by atoms with Crippen molar-refractivity contribution < 1.29 is 0 Å². The molecular formula is C14H25N3. The van der Waals surface area contributed by atoms with Crippen LogP contribution in [0.4, 0.5) is 0 Å². The Morgan fingerprint density at radius 3 is 2.71 bits per heavy atom. The second kappa shape index (κ2) is 4.59. The molecule has 1 heterocycles. The van der Waals surface area contributed by atoms with E-state index in [1.807, 2.05) is 0 Å². The van der Waals surface area contributed by atoms with Gasteiger partial charge in [-0.25, -0.2) is 0 Å². The van der Waals surface area contributed by atoms with E-state index in [2.05, 4.69) is 37.1 Å². The summed E-state index contributed by atoms with van der Waals surface area (Å²) in [5.41, 5.74) is 0.224. The molecule has 0 amide bonds. The number of likely N-dealkylation sites (tertiary alicyclic amines) is 1. The monoisotopic (exact) mass is 235 g/mol. The maximum absolute atomic E-state index is 9.38. The highest BCUT2D eigenvalue weighted by atomic mass is 15.2. The van der Waals surface area contributed by atoms with E-state index in [0.717, 1.165) is 19.4 Å². The Hall–Kier alpha value is -0.590. The lowest BCUT2D eigenvalue weighted by molar-refractivity contribution is 0.213. The average Bonchev–Trinajstić information content (AvgIpc) is 2.84. The Balaban J connectivity index is 1.96. The molecule has 0 aromatic carbocycles. The van der Waals surface area contributed by atoms with Crippen molar-refractivity contribution in [1.82, 2.24) is 10.2 Å². The first-order valence-corrected chi connectivity index (χ1v) is 6.91. The van der Waals surface area contributed by atoms with Crippen LogP contribution in [-0.4, -0.2) is 36.1 Å². The quantitative estimate of drug-likeness (QED) is 0.814. The number of nitrogens with one attached hydrogen (secondary N) is 1. The van der Waals surface area contributed by atoms with E-state index in [1.165, 1.54) is 25.9 Å². The second-order valence-electron chi connectivity index (χ2n) is 6.51. The first kappa shape index (κ1) is 12.9. The molecule has 0 bridgehead atoms. The summed E-state index contributed by atoms with van der Waals surface area (Å²) >= 11 is 0. The first-order valence-electron chi connectivity index (χ1n) is 6.91. The van der Waals surface area contributed by atoms with Crippen LogP contribution in [0.3, 0.4) is 0 Å². The third kappa shape index (κ3) is 2.64. The zero-order valence-corrected chi connectivity index (χ0v) is 11.4. The molecule has 2 aliphatic rings. The van der Waals surface area contributed by atoms with Gasteiger partial charge in [-0.1, -0.05) is 20.8 Å².